The maximum Gasteiger partial charge on any atom is 0.307 e. The second-order valence-electron chi connectivity index (χ2n) is 8.27. The molecular weight excluding hydrogens is 501 g/mol. The number of carbonyl (C=O) groups excluding carboxylic acids is 3. The zero-order valence-electron chi connectivity index (χ0n) is 20.1. The molecule has 1 N–H and O–H groups in total. The van der Waals surface area contributed by atoms with Gasteiger partial charge in [0.05, 0.1) is 6.42 Å². The first-order valence-electron chi connectivity index (χ1n) is 11.5. The van der Waals surface area contributed by atoms with Crippen molar-refractivity contribution in [3.63, 3.8) is 0 Å². The first-order valence-corrected chi connectivity index (χ1v) is 12.4. The lowest BCUT2D eigenvalue weighted by molar-refractivity contribution is -0.148. The molecule has 0 aliphatic carbocycles. The fraction of sp³-hybridized carbons (Fsp3) is 0.250. The van der Waals surface area contributed by atoms with Crippen molar-refractivity contribution in [1.82, 2.24) is 0 Å². The van der Waals surface area contributed by atoms with Gasteiger partial charge in [0.1, 0.15) is 11.5 Å². The van der Waals surface area contributed by atoms with Crippen molar-refractivity contribution in [3.8, 4) is 11.5 Å². The number of ether oxygens (including phenoxy) is 2. The van der Waals surface area contributed by atoms with Crippen LogP contribution in [0.2, 0.25) is 5.02 Å². The molecule has 0 fully saturated rings. The SMILES string of the molecule is Cc1ccc(C)c(Oc2ccc(NC(=O)CCC(=O)OC(CCCl)C(=O)c3ccc(Cl)cc3)cc2)c1. The summed E-state index contributed by atoms with van der Waals surface area (Å²) in [6, 6.07) is 19.2. The van der Waals surface area contributed by atoms with E-state index in [1.54, 1.807) is 48.5 Å². The van der Waals surface area contributed by atoms with Crippen LogP contribution < -0.4 is 10.1 Å². The predicted octanol–water partition coefficient (Wildman–Crippen LogP) is 6.89. The number of halogens is 2. The number of hydrogen-bond donors (Lipinski definition) is 1. The Balaban J connectivity index is 1.49. The van der Waals surface area contributed by atoms with E-state index in [0.717, 1.165) is 16.9 Å². The Morgan fingerprint density at radius 2 is 1.61 bits per heavy atom. The average molecular weight is 528 g/mol. The summed E-state index contributed by atoms with van der Waals surface area (Å²) in [4.78, 5) is 37.3. The van der Waals surface area contributed by atoms with Gasteiger partial charge in [0.15, 0.2) is 6.10 Å². The minimum Gasteiger partial charge on any atom is -0.457 e. The van der Waals surface area contributed by atoms with Crippen molar-refractivity contribution in [2.24, 2.45) is 0 Å². The molecule has 188 valence electrons. The maximum atomic E-state index is 12.7. The van der Waals surface area contributed by atoms with Crippen molar-refractivity contribution in [1.29, 1.82) is 0 Å². The van der Waals surface area contributed by atoms with E-state index in [1.165, 1.54) is 0 Å². The molecule has 3 aromatic rings. The largest absolute Gasteiger partial charge is 0.457 e. The van der Waals surface area contributed by atoms with Crippen LogP contribution in [0.1, 0.15) is 40.7 Å². The summed E-state index contributed by atoms with van der Waals surface area (Å²) in [5, 5.41) is 3.23. The molecule has 0 spiro atoms. The van der Waals surface area contributed by atoms with Crippen LogP contribution in [0.15, 0.2) is 66.7 Å². The van der Waals surface area contributed by atoms with E-state index in [1.807, 2.05) is 32.0 Å². The van der Waals surface area contributed by atoms with Gasteiger partial charge in [0, 0.05) is 35.0 Å². The van der Waals surface area contributed by atoms with Gasteiger partial charge in [0.25, 0.3) is 0 Å². The number of aryl methyl sites for hydroxylation is 2. The quantitative estimate of drug-likeness (QED) is 0.167. The molecule has 0 saturated carbocycles. The van der Waals surface area contributed by atoms with Crippen molar-refractivity contribution in [2.45, 2.75) is 39.2 Å². The lowest BCUT2D eigenvalue weighted by Gasteiger charge is -2.16. The van der Waals surface area contributed by atoms with Crippen LogP contribution >= 0.6 is 23.2 Å². The normalized spacial score (nSPS) is 11.4. The number of hydrogen-bond acceptors (Lipinski definition) is 5. The number of carbonyl (C=O) groups is 3. The van der Waals surface area contributed by atoms with E-state index in [9.17, 15) is 14.4 Å². The number of ketones is 1. The van der Waals surface area contributed by atoms with Gasteiger partial charge in [-0.15, -0.1) is 11.6 Å². The van der Waals surface area contributed by atoms with Crippen molar-refractivity contribution in [3.05, 3.63) is 88.4 Å². The fourth-order valence-electron chi connectivity index (χ4n) is 3.35. The van der Waals surface area contributed by atoms with Gasteiger partial charge in [-0.1, -0.05) is 23.7 Å². The van der Waals surface area contributed by atoms with Gasteiger partial charge < -0.3 is 14.8 Å². The second-order valence-corrected chi connectivity index (χ2v) is 9.09. The molecule has 1 amide bonds. The number of amides is 1. The smallest absolute Gasteiger partial charge is 0.307 e. The lowest BCUT2D eigenvalue weighted by atomic mass is 10.0. The molecule has 8 heteroatoms. The van der Waals surface area contributed by atoms with Gasteiger partial charge in [-0.05, 0) is 79.6 Å². The Bertz CT molecular complexity index is 1210. The van der Waals surface area contributed by atoms with Crippen LogP contribution in [0.25, 0.3) is 0 Å². The summed E-state index contributed by atoms with van der Waals surface area (Å²) in [7, 11) is 0. The molecule has 1 atom stereocenters. The monoisotopic (exact) mass is 527 g/mol. The summed E-state index contributed by atoms with van der Waals surface area (Å²) >= 11 is 11.6. The number of Topliss-reactive ketones (excluding diaryl/α,β-unsaturated/α-hetero) is 1. The Kier molecular flexibility index (Phi) is 9.91. The number of esters is 1. The highest BCUT2D eigenvalue weighted by molar-refractivity contribution is 6.30. The number of rotatable bonds is 11. The molecule has 0 bridgehead atoms. The number of alkyl halides is 1. The van der Waals surface area contributed by atoms with Crippen molar-refractivity contribution < 1.29 is 23.9 Å². The van der Waals surface area contributed by atoms with Crippen LogP contribution in [0, 0.1) is 13.8 Å². The first kappa shape index (κ1) is 27.2. The van der Waals surface area contributed by atoms with Crippen LogP contribution in [-0.2, 0) is 14.3 Å². The Hall–Kier alpha value is -3.35. The van der Waals surface area contributed by atoms with E-state index in [4.69, 9.17) is 32.7 Å². The van der Waals surface area contributed by atoms with E-state index in [-0.39, 0.29) is 36.8 Å². The molecule has 3 rings (SSSR count). The molecule has 0 aromatic heterocycles. The fourth-order valence-corrected chi connectivity index (χ4v) is 3.67. The summed E-state index contributed by atoms with van der Waals surface area (Å²) in [5.41, 5.74) is 3.05. The van der Waals surface area contributed by atoms with E-state index in [0.29, 0.717) is 22.0 Å². The summed E-state index contributed by atoms with van der Waals surface area (Å²) in [6.45, 7) is 3.97. The molecule has 36 heavy (non-hydrogen) atoms. The van der Waals surface area contributed by atoms with Gasteiger partial charge in [0.2, 0.25) is 11.7 Å². The number of nitrogens with one attached hydrogen (secondary N) is 1. The van der Waals surface area contributed by atoms with Crippen molar-refractivity contribution in [2.75, 3.05) is 11.2 Å². The highest BCUT2D eigenvalue weighted by Crippen LogP contribution is 2.27. The summed E-state index contributed by atoms with van der Waals surface area (Å²) in [6.07, 6.45) is -1.13. The molecule has 1 unspecified atom stereocenters. The zero-order chi connectivity index (χ0) is 26.1. The Labute approximate surface area is 220 Å². The van der Waals surface area contributed by atoms with Gasteiger partial charge in [-0.3, -0.25) is 14.4 Å². The third-order valence-electron chi connectivity index (χ3n) is 5.33. The van der Waals surface area contributed by atoms with Gasteiger partial charge in [-0.25, -0.2) is 0 Å². The van der Waals surface area contributed by atoms with Crippen LogP contribution in [-0.4, -0.2) is 29.6 Å². The highest BCUT2D eigenvalue weighted by atomic mass is 35.5. The molecule has 3 aromatic carbocycles. The van der Waals surface area contributed by atoms with Gasteiger partial charge >= 0.3 is 5.97 Å². The lowest BCUT2D eigenvalue weighted by Crippen LogP contribution is -2.28. The van der Waals surface area contributed by atoms with Gasteiger partial charge in [-0.2, -0.15) is 0 Å². The third-order valence-corrected chi connectivity index (χ3v) is 5.80. The number of anilines is 1. The second kappa shape index (κ2) is 13.1. The van der Waals surface area contributed by atoms with Crippen LogP contribution in [0.5, 0.6) is 11.5 Å². The Morgan fingerprint density at radius 1 is 0.917 bits per heavy atom. The maximum absolute atomic E-state index is 12.7. The third kappa shape index (κ3) is 8.11. The van der Waals surface area contributed by atoms with Crippen LogP contribution in [0.3, 0.4) is 0 Å². The Morgan fingerprint density at radius 3 is 2.28 bits per heavy atom. The van der Waals surface area contributed by atoms with Crippen LogP contribution in [0.4, 0.5) is 5.69 Å². The molecule has 0 aliphatic rings. The summed E-state index contributed by atoms with van der Waals surface area (Å²) in [5.74, 6) is 0.176. The molecule has 0 heterocycles. The summed E-state index contributed by atoms with van der Waals surface area (Å²) < 4.78 is 11.3. The standard InChI is InChI=1S/C28H27Cl2NO5/c1-18-3-4-19(2)25(17-18)35-23-11-9-22(10-12-23)31-26(32)13-14-27(33)36-24(15-16-29)28(34)20-5-7-21(30)8-6-20/h3-12,17,24H,13-16H2,1-2H3,(H,31,32). The first-order chi connectivity index (χ1) is 17.2. The molecule has 0 radical (unpaired) electrons. The van der Waals surface area contributed by atoms with Crippen molar-refractivity contribution >= 4 is 46.5 Å². The minimum absolute atomic E-state index is 0.0949. The molecule has 0 saturated heterocycles. The van der Waals surface area contributed by atoms with E-state index in [2.05, 4.69) is 5.32 Å². The van der Waals surface area contributed by atoms with E-state index < -0.39 is 12.1 Å². The zero-order valence-corrected chi connectivity index (χ0v) is 21.6. The predicted molar refractivity (Wildman–Crippen MR) is 141 cm³/mol. The topological polar surface area (TPSA) is 81.7 Å². The number of benzene rings is 3. The molecular formula is C28H27Cl2NO5. The molecule has 0 aliphatic heterocycles. The molecule has 6 nitrogen and oxygen atoms in total. The minimum atomic E-state index is -1.02. The van der Waals surface area contributed by atoms with E-state index >= 15 is 0 Å². The average Bonchev–Trinajstić information content (AvgIpc) is 2.86. The highest BCUT2D eigenvalue weighted by Gasteiger charge is 2.24.